The van der Waals surface area contributed by atoms with E-state index in [4.69, 9.17) is 0 Å². The van der Waals surface area contributed by atoms with Gasteiger partial charge in [0.1, 0.15) is 18.0 Å². The third-order valence-corrected chi connectivity index (χ3v) is 3.39. The summed E-state index contributed by atoms with van der Waals surface area (Å²) in [5, 5.41) is 7.62. The zero-order valence-corrected chi connectivity index (χ0v) is 12.9. The summed E-state index contributed by atoms with van der Waals surface area (Å²) in [6.45, 7) is 8.69. The lowest BCUT2D eigenvalue weighted by atomic mass is 10.1. The van der Waals surface area contributed by atoms with Crippen LogP contribution in [0.4, 0.5) is 4.39 Å². The first-order chi connectivity index (χ1) is 10.1. The molecule has 1 heterocycles. The lowest BCUT2D eigenvalue weighted by molar-refractivity contribution is 0.458. The molecule has 21 heavy (non-hydrogen) atoms. The van der Waals surface area contributed by atoms with Crippen LogP contribution in [0.1, 0.15) is 30.8 Å². The highest BCUT2D eigenvalue weighted by Gasteiger charge is 2.06. The molecule has 2 rings (SSSR count). The molecular formula is C16H23FN4. The van der Waals surface area contributed by atoms with Crippen LogP contribution in [0.15, 0.2) is 24.5 Å². The van der Waals surface area contributed by atoms with Crippen molar-refractivity contribution in [2.24, 2.45) is 5.92 Å². The number of hydrogen-bond donors (Lipinski definition) is 1. The van der Waals surface area contributed by atoms with Gasteiger partial charge in [-0.25, -0.2) is 14.1 Å². The van der Waals surface area contributed by atoms with Gasteiger partial charge in [-0.05, 0) is 49.1 Å². The van der Waals surface area contributed by atoms with Crippen LogP contribution in [0.2, 0.25) is 0 Å². The molecule has 114 valence electrons. The van der Waals surface area contributed by atoms with Gasteiger partial charge >= 0.3 is 0 Å². The summed E-state index contributed by atoms with van der Waals surface area (Å²) < 4.78 is 15.0. The maximum Gasteiger partial charge on any atom is 0.140 e. The van der Waals surface area contributed by atoms with Crippen molar-refractivity contribution in [3.8, 4) is 0 Å². The van der Waals surface area contributed by atoms with Crippen LogP contribution in [0.25, 0.3) is 0 Å². The van der Waals surface area contributed by atoms with E-state index in [-0.39, 0.29) is 5.82 Å². The summed E-state index contributed by atoms with van der Waals surface area (Å²) >= 11 is 0. The van der Waals surface area contributed by atoms with E-state index >= 15 is 0 Å². The Hall–Kier alpha value is -1.75. The lowest BCUT2D eigenvalue weighted by Crippen LogP contribution is -2.21. The van der Waals surface area contributed by atoms with Crippen LogP contribution >= 0.6 is 0 Å². The van der Waals surface area contributed by atoms with Crippen LogP contribution in [-0.2, 0) is 19.5 Å². The number of nitrogens with zero attached hydrogens (tertiary/aromatic N) is 3. The fourth-order valence-electron chi connectivity index (χ4n) is 2.29. The molecule has 1 aromatic carbocycles. The summed E-state index contributed by atoms with van der Waals surface area (Å²) in [5.41, 5.74) is 2.17. The Kier molecular flexibility index (Phi) is 5.44. The number of rotatable bonds is 7. The minimum atomic E-state index is -0.175. The molecule has 0 aliphatic rings. The van der Waals surface area contributed by atoms with Gasteiger partial charge in [0.05, 0.1) is 6.54 Å². The molecule has 0 radical (unpaired) electrons. The molecule has 0 bridgehead atoms. The number of aryl methyl sites for hydroxylation is 1. The molecule has 0 aliphatic heterocycles. The largest absolute Gasteiger partial charge is 0.310 e. The van der Waals surface area contributed by atoms with Crippen LogP contribution in [-0.4, -0.2) is 21.3 Å². The normalized spacial score (nSPS) is 11.3. The number of benzene rings is 1. The summed E-state index contributed by atoms with van der Waals surface area (Å²) in [7, 11) is 0. The predicted molar refractivity (Wildman–Crippen MR) is 81.4 cm³/mol. The van der Waals surface area contributed by atoms with E-state index in [1.807, 2.05) is 17.7 Å². The standard InChI is InChI=1S/C16H23FN4/c1-12(2)10-21-16(19-11-20-21)9-18-7-6-14-4-5-15(17)8-13(14)3/h4-5,8,11-12,18H,6-7,9-10H2,1-3H3. The molecule has 0 unspecified atom stereocenters. The first kappa shape index (κ1) is 15.6. The van der Waals surface area contributed by atoms with Crippen molar-refractivity contribution < 1.29 is 4.39 Å². The van der Waals surface area contributed by atoms with Gasteiger partial charge in [-0.2, -0.15) is 5.10 Å². The van der Waals surface area contributed by atoms with E-state index in [9.17, 15) is 4.39 Å². The average Bonchev–Trinajstić information content (AvgIpc) is 2.83. The van der Waals surface area contributed by atoms with Gasteiger partial charge < -0.3 is 5.32 Å². The topological polar surface area (TPSA) is 42.7 Å². The van der Waals surface area contributed by atoms with Gasteiger partial charge in [-0.3, -0.25) is 0 Å². The van der Waals surface area contributed by atoms with Gasteiger partial charge in [0.25, 0.3) is 0 Å². The molecule has 2 aromatic rings. The van der Waals surface area contributed by atoms with Crippen molar-refractivity contribution >= 4 is 0 Å². The molecule has 4 nitrogen and oxygen atoms in total. The molecule has 0 spiro atoms. The molecule has 0 aliphatic carbocycles. The second-order valence-corrected chi connectivity index (χ2v) is 5.75. The minimum absolute atomic E-state index is 0.175. The second kappa shape index (κ2) is 7.31. The van der Waals surface area contributed by atoms with E-state index < -0.39 is 0 Å². The molecule has 1 aromatic heterocycles. The van der Waals surface area contributed by atoms with E-state index in [1.165, 1.54) is 11.6 Å². The Morgan fingerprint density at radius 1 is 1.33 bits per heavy atom. The highest BCUT2D eigenvalue weighted by molar-refractivity contribution is 5.26. The van der Waals surface area contributed by atoms with Gasteiger partial charge in [-0.15, -0.1) is 0 Å². The summed E-state index contributed by atoms with van der Waals surface area (Å²) in [6.07, 6.45) is 2.48. The number of halogens is 1. The Morgan fingerprint density at radius 2 is 2.14 bits per heavy atom. The van der Waals surface area contributed by atoms with E-state index in [0.29, 0.717) is 12.5 Å². The van der Waals surface area contributed by atoms with Crippen molar-refractivity contribution in [1.29, 1.82) is 0 Å². The zero-order chi connectivity index (χ0) is 15.2. The molecule has 0 atom stereocenters. The van der Waals surface area contributed by atoms with E-state index in [1.54, 1.807) is 12.4 Å². The molecular weight excluding hydrogens is 267 g/mol. The predicted octanol–water partition coefficient (Wildman–Crippen LogP) is 2.71. The molecule has 0 saturated carbocycles. The Labute approximate surface area is 125 Å². The summed E-state index contributed by atoms with van der Waals surface area (Å²) in [4.78, 5) is 4.28. The third-order valence-electron chi connectivity index (χ3n) is 3.39. The highest BCUT2D eigenvalue weighted by atomic mass is 19.1. The number of nitrogens with one attached hydrogen (secondary N) is 1. The molecule has 0 amide bonds. The Balaban J connectivity index is 1.81. The maximum atomic E-state index is 13.0. The van der Waals surface area contributed by atoms with Crippen LogP contribution in [0.5, 0.6) is 0 Å². The number of hydrogen-bond acceptors (Lipinski definition) is 3. The highest BCUT2D eigenvalue weighted by Crippen LogP contribution is 2.10. The zero-order valence-electron chi connectivity index (χ0n) is 12.9. The molecule has 0 fully saturated rings. The third kappa shape index (κ3) is 4.63. The van der Waals surface area contributed by atoms with Gasteiger partial charge in [0.2, 0.25) is 0 Å². The molecule has 5 heteroatoms. The fraction of sp³-hybridized carbons (Fsp3) is 0.500. The van der Waals surface area contributed by atoms with Gasteiger partial charge in [0, 0.05) is 6.54 Å². The first-order valence-electron chi connectivity index (χ1n) is 7.38. The van der Waals surface area contributed by atoms with Gasteiger partial charge in [0.15, 0.2) is 0 Å². The quantitative estimate of drug-likeness (QED) is 0.797. The number of aromatic nitrogens is 3. The monoisotopic (exact) mass is 290 g/mol. The summed E-state index contributed by atoms with van der Waals surface area (Å²) in [6, 6.07) is 4.95. The van der Waals surface area contributed by atoms with E-state index in [0.717, 1.165) is 30.9 Å². The smallest absolute Gasteiger partial charge is 0.140 e. The van der Waals surface area contributed by atoms with E-state index in [2.05, 4.69) is 29.2 Å². The van der Waals surface area contributed by atoms with Crippen LogP contribution < -0.4 is 5.32 Å². The van der Waals surface area contributed by atoms with Crippen LogP contribution in [0, 0.1) is 18.7 Å². The average molecular weight is 290 g/mol. The maximum absolute atomic E-state index is 13.0. The van der Waals surface area contributed by atoms with Crippen molar-refractivity contribution in [1.82, 2.24) is 20.1 Å². The lowest BCUT2D eigenvalue weighted by Gasteiger charge is -2.10. The Morgan fingerprint density at radius 3 is 2.86 bits per heavy atom. The molecule has 0 saturated heterocycles. The van der Waals surface area contributed by atoms with Gasteiger partial charge in [-0.1, -0.05) is 19.9 Å². The Bertz CT molecular complexity index is 577. The fourth-order valence-corrected chi connectivity index (χ4v) is 2.29. The van der Waals surface area contributed by atoms with Crippen LogP contribution in [0.3, 0.4) is 0 Å². The van der Waals surface area contributed by atoms with Crippen molar-refractivity contribution in [2.45, 2.75) is 40.3 Å². The first-order valence-corrected chi connectivity index (χ1v) is 7.38. The van der Waals surface area contributed by atoms with Crippen molar-refractivity contribution in [2.75, 3.05) is 6.54 Å². The molecule has 1 N–H and O–H groups in total. The SMILES string of the molecule is Cc1cc(F)ccc1CCNCc1ncnn1CC(C)C. The second-order valence-electron chi connectivity index (χ2n) is 5.75. The summed E-state index contributed by atoms with van der Waals surface area (Å²) in [5.74, 6) is 1.33. The van der Waals surface area contributed by atoms with Crippen molar-refractivity contribution in [3.63, 3.8) is 0 Å². The van der Waals surface area contributed by atoms with Crippen molar-refractivity contribution in [3.05, 3.63) is 47.3 Å². The minimum Gasteiger partial charge on any atom is -0.310 e.